The van der Waals surface area contributed by atoms with E-state index in [0.29, 0.717) is 17.0 Å². The Kier molecular flexibility index (Phi) is 10.1. The van der Waals surface area contributed by atoms with Crippen LogP contribution in [0.2, 0.25) is 5.02 Å². The van der Waals surface area contributed by atoms with Gasteiger partial charge in [0.25, 0.3) is 10.0 Å². The van der Waals surface area contributed by atoms with Crippen molar-refractivity contribution in [1.29, 1.82) is 0 Å². The van der Waals surface area contributed by atoms with Gasteiger partial charge in [0, 0.05) is 23.2 Å². The molecule has 0 aliphatic carbocycles. The third-order valence-corrected chi connectivity index (χ3v) is 8.77. The predicted octanol–water partition coefficient (Wildman–Crippen LogP) is 5.31. The van der Waals surface area contributed by atoms with E-state index in [9.17, 15) is 22.4 Å². The Labute approximate surface area is 234 Å². The third-order valence-electron chi connectivity index (χ3n) is 6.58. The molecule has 208 valence electrons. The standard InChI is InChI=1S/C29H33ClFN3O4S/c1-5-20(2)32-29(36)22(4)33(18-23-12-9-10-16-26(23)31)28(35)19-34(27-17-11-15-25(30)21(27)3)39(37,38)24-13-7-6-8-14-24/h6-17,20,22H,5,18-19H2,1-4H3,(H,32,36)/t20-,22-/m0/s1. The van der Waals surface area contributed by atoms with E-state index in [0.717, 1.165) is 4.31 Å². The number of carbonyl (C=O) groups excluding carboxylic acids is 2. The number of halogens is 2. The van der Waals surface area contributed by atoms with Gasteiger partial charge in [0.1, 0.15) is 18.4 Å². The lowest BCUT2D eigenvalue weighted by Crippen LogP contribution is -2.52. The molecule has 0 saturated heterocycles. The molecule has 2 amide bonds. The van der Waals surface area contributed by atoms with Gasteiger partial charge in [0.15, 0.2) is 0 Å². The van der Waals surface area contributed by atoms with Crippen molar-refractivity contribution in [1.82, 2.24) is 10.2 Å². The summed E-state index contributed by atoms with van der Waals surface area (Å²) in [5, 5.41) is 3.18. The highest BCUT2D eigenvalue weighted by Crippen LogP contribution is 2.31. The van der Waals surface area contributed by atoms with Crippen LogP contribution in [0.3, 0.4) is 0 Å². The second-order valence-electron chi connectivity index (χ2n) is 9.32. The Balaban J connectivity index is 2.07. The highest BCUT2D eigenvalue weighted by Gasteiger charge is 2.33. The van der Waals surface area contributed by atoms with Crippen LogP contribution in [-0.2, 0) is 26.2 Å². The molecule has 0 saturated carbocycles. The molecule has 0 unspecified atom stereocenters. The van der Waals surface area contributed by atoms with Crippen LogP contribution in [0.1, 0.15) is 38.3 Å². The molecule has 3 rings (SSSR count). The molecule has 3 aromatic rings. The number of carbonyl (C=O) groups is 2. The Morgan fingerprint density at radius 1 is 0.974 bits per heavy atom. The molecule has 10 heteroatoms. The van der Waals surface area contributed by atoms with Crippen LogP contribution in [0.4, 0.5) is 10.1 Å². The molecule has 0 radical (unpaired) electrons. The zero-order chi connectivity index (χ0) is 28.7. The highest BCUT2D eigenvalue weighted by atomic mass is 35.5. The van der Waals surface area contributed by atoms with Crippen molar-refractivity contribution >= 4 is 39.1 Å². The van der Waals surface area contributed by atoms with Gasteiger partial charge in [0.05, 0.1) is 10.6 Å². The normalized spacial score (nSPS) is 12.9. The Hall–Kier alpha value is -3.43. The van der Waals surface area contributed by atoms with Crippen molar-refractivity contribution in [2.75, 3.05) is 10.8 Å². The lowest BCUT2D eigenvalue weighted by atomic mass is 10.1. The first-order valence-corrected chi connectivity index (χ1v) is 14.4. The van der Waals surface area contributed by atoms with Crippen molar-refractivity contribution in [3.05, 3.63) is 94.8 Å². The van der Waals surface area contributed by atoms with Gasteiger partial charge >= 0.3 is 0 Å². The molecule has 0 fully saturated rings. The van der Waals surface area contributed by atoms with Gasteiger partial charge in [-0.15, -0.1) is 0 Å². The number of sulfonamides is 1. The molecule has 0 spiro atoms. The molecule has 3 aromatic carbocycles. The summed E-state index contributed by atoms with van der Waals surface area (Å²) in [6.07, 6.45) is 0.677. The van der Waals surface area contributed by atoms with Gasteiger partial charge < -0.3 is 10.2 Å². The minimum Gasteiger partial charge on any atom is -0.352 e. The number of nitrogens with one attached hydrogen (secondary N) is 1. The first kappa shape index (κ1) is 30.1. The summed E-state index contributed by atoms with van der Waals surface area (Å²) in [5.41, 5.74) is 0.891. The van der Waals surface area contributed by atoms with Crippen molar-refractivity contribution in [3.8, 4) is 0 Å². The fourth-order valence-corrected chi connectivity index (χ4v) is 5.62. The molecule has 0 aliphatic rings. The topological polar surface area (TPSA) is 86.8 Å². The smallest absolute Gasteiger partial charge is 0.264 e. The molecule has 1 N–H and O–H groups in total. The molecule has 7 nitrogen and oxygen atoms in total. The summed E-state index contributed by atoms with van der Waals surface area (Å²) >= 11 is 6.32. The van der Waals surface area contributed by atoms with Crippen LogP contribution in [-0.4, -0.2) is 43.8 Å². The summed E-state index contributed by atoms with van der Waals surface area (Å²) in [6, 6.07) is 17.3. The summed E-state index contributed by atoms with van der Waals surface area (Å²) < 4.78 is 43.3. The average molecular weight is 574 g/mol. The molecule has 0 heterocycles. The highest BCUT2D eigenvalue weighted by molar-refractivity contribution is 7.92. The maximum Gasteiger partial charge on any atom is 0.264 e. The van der Waals surface area contributed by atoms with Crippen LogP contribution < -0.4 is 9.62 Å². The number of amides is 2. The lowest BCUT2D eigenvalue weighted by molar-refractivity contribution is -0.139. The monoisotopic (exact) mass is 573 g/mol. The number of anilines is 1. The van der Waals surface area contributed by atoms with Crippen LogP contribution in [0.15, 0.2) is 77.7 Å². The van der Waals surface area contributed by atoms with Crippen LogP contribution in [0.5, 0.6) is 0 Å². The maximum absolute atomic E-state index is 14.6. The first-order valence-electron chi connectivity index (χ1n) is 12.6. The van der Waals surface area contributed by atoms with Gasteiger partial charge in [-0.05, 0) is 63.1 Å². The maximum atomic E-state index is 14.6. The van der Waals surface area contributed by atoms with E-state index in [1.807, 2.05) is 13.8 Å². The second-order valence-corrected chi connectivity index (χ2v) is 11.6. The van der Waals surface area contributed by atoms with E-state index in [2.05, 4.69) is 5.32 Å². The number of hydrogen-bond donors (Lipinski definition) is 1. The fourth-order valence-electron chi connectivity index (χ4n) is 3.96. The molecule has 39 heavy (non-hydrogen) atoms. The molecule has 2 atom stereocenters. The number of hydrogen-bond acceptors (Lipinski definition) is 4. The number of rotatable bonds is 11. The summed E-state index contributed by atoms with van der Waals surface area (Å²) in [4.78, 5) is 28.1. The van der Waals surface area contributed by atoms with Gasteiger partial charge in [-0.3, -0.25) is 13.9 Å². The Bertz CT molecular complexity index is 1420. The van der Waals surface area contributed by atoms with E-state index in [-0.39, 0.29) is 28.7 Å². The van der Waals surface area contributed by atoms with Crippen molar-refractivity contribution in [2.24, 2.45) is 0 Å². The van der Waals surface area contributed by atoms with Gasteiger partial charge in [-0.2, -0.15) is 0 Å². The SMILES string of the molecule is CC[C@H](C)NC(=O)[C@H](C)N(Cc1ccccc1F)C(=O)CN(c1cccc(Cl)c1C)S(=O)(=O)c1ccccc1. The molecular weight excluding hydrogens is 541 g/mol. The van der Waals surface area contributed by atoms with E-state index in [1.54, 1.807) is 49.4 Å². The zero-order valence-electron chi connectivity index (χ0n) is 22.4. The van der Waals surface area contributed by atoms with Crippen molar-refractivity contribution < 1.29 is 22.4 Å². The van der Waals surface area contributed by atoms with Gasteiger partial charge in [-0.1, -0.05) is 61.0 Å². The Morgan fingerprint density at radius 2 is 1.62 bits per heavy atom. The van der Waals surface area contributed by atoms with E-state index < -0.39 is 40.2 Å². The van der Waals surface area contributed by atoms with E-state index in [4.69, 9.17) is 11.6 Å². The number of nitrogens with zero attached hydrogens (tertiary/aromatic N) is 2. The summed E-state index contributed by atoms with van der Waals surface area (Å²) in [6.45, 7) is 6.09. The van der Waals surface area contributed by atoms with Crippen molar-refractivity contribution in [2.45, 2.75) is 57.6 Å². The zero-order valence-corrected chi connectivity index (χ0v) is 24.0. The largest absolute Gasteiger partial charge is 0.352 e. The van der Waals surface area contributed by atoms with Gasteiger partial charge in [0.2, 0.25) is 11.8 Å². The average Bonchev–Trinajstić information content (AvgIpc) is 2.92. The first-order chi connectivity index (χ1) is 18.5. The summed E-state index contributed by atoms with van der Waals surface area (Å²) in [5.74, 6) is -1.64. The third kappa shape index (κ3) is 7.16. The second kappa shape index (κ2) is 13.1. The van der Waals surface area contributed by atoms with Crippen LogP contribution in [0.25, 0.3) is 0 Å². The lowest BCUT2D eigenvalue weighted by Gasteiger charge is -2.33. The van der Waals surface area contributed by atoms with Crippen LogP contribution in [0, 0.1) is 12.7 Å². The number of benzene rings is 3. The van der Waals surface area contributed by atoms with E-state index >= 15 is 0 Å². The fraction of sp³-hybridized carbons (Fsp3) is 0.310. The summed E-state index contributed by atoms with van der Waals surface area (Å²) in [7, 11) is -4.22. The molecular formula is C29H33ClFN3O4S. The quantitative estimate of drug-likeness (QED) is 0.337. The van der Waals surface area contributed by atoms with Crippen LogP contribution >= 0.6 is 11.6 Å². The Morgan fingerprint density at radius 3 is 2.26 bits per heavy atom. The molecule has 0 aromatic heterocycles. The molecule has 0 aliphatic heterocycles. The minimum atomic E-state index is -4.22. The van der Waals surface area contributed by atoms with Crippen molar-refractivity contribution in [3.63, 3.8) is 0 Å². The van der Waals surface area contributed by atoms with Gasteiger partial charge in [-0.25, -0.2) is 12.8 Å². The molecule has 0 bridgehead atoms. The minimum absolute atomic E-state index is 0.0135. The predicted molar refractivity (Wildman–Crippen MR) is 151 cm³/mol. The van der Waals surface area contributed by atoms with E-state index in [1.165, 1.54) is 42.2 Å².